The average molecular weight is 798 g/mol. The van der Waals surface area contributed by atoms with Crippen LogP contribution in [0.2, 0.25) is 0 Å². The molecule has 3 N–H and O–H groups in total. The standard InChI is InChI=1S/C40H51N3O14/c1-9-15-40(38(49)51-8)20-31(54-26(5)45)33(43-25(4)44)36(57-40)35(56-28(7)47)32(55-27(6)46)21-42-37(48)30-18-23(2)34(24(3)19-30)52-17-16-41-39(50)53-22-29-13-11-10-12-14-29/h9-14,18-19,31-33,35-36H,1,15-17,20-22H2,2-8H3,(H,41,50)(H,42,48)(H,43,44)/t31-,32+,33+,35+,36+,40+/m0/s1. The van der Waals surface area contributed by atoms with Gasteiger partial charge in [0.1, 0.15) is 31.2 Å². The van der Waals surface area contributed by atoms with Crippen molar-refractivity contribution in [3.8, 4) is 5.75 Å². The van der Waals surface area contributed by atoms with E-state index >= 15 is 0 Å². The average Bonchev–Trinajstić information content (AvgIpc) is 3.14. The van der Waals surface area contributed by atoms with Gasteiger partial charge >= 0.3 is 30.0 Å². The van der Waals surface area contributed by atoms with E-state index in [1.165, 1.54) is 13.0 Å². The van der Waals surface area contributed by atoms with E-state index in [-0.39, 0.29) is 38.2 Å². The van der Waals surface area contributed by atoms with Gasteiger partial charge in [-0.15, -0.1) is 6.58 Å². The van der Waals surface area contributed by atoms with Crippen molar-refractivity contribution in [2.75, 3.05) is 26.8 Å². The Kier molecular flexibility index (Phi) is 17.0. The molecule has 3 rings (SSSR count). The highest BCUT2D eigenvalue weighted by Crippen LogP contribution is 2.38. The lowest BCUT2D eigenvalue weighted by Gasteiger charge is -2.49. The number of carbonyl (C=O) groups is 7. The zero-order chi connectivity index (χ0) is 42.3. The molecule has 1 fully saturated rings. The van der Waals surface area contributed by atoms with Gasteiger partial charge in [-0.1, -0.05) is 36.4 Å². The molecule has 0 saturated carbocycles. The number of esters is 4. The zero-order valence-electron chi connectivity index (χ0n) is 33.2. The third kappa shape index (κ3) is 13.3. The summed E-state index contributed by atoms with van der Waals surface area (Å²) in [6.07, 6.45) is -5.48. The molecule has 2 aromatic carbocycles. The lowest BCUT2D eigenvalue weighted by molar-refractivity contribution is -0.239. The molecule has 0 radical (unpaired) electrons. The maximum atomic E-state index is 13.6. The summed E-state index contributed by atoms with van der Waals surface area (Å²) in [6.45, 7) is 11.6. The van der Waals surface area contributed by atoms with Crippen molar-refractivity contribution in [2.45, 2.75) is 97.0 Å². The number of hydrogen-bond acceptors (Lipinski definition) is 14. The van der Waals surface area contributed by atoms with Crippen LogP contribution in [-0.4, -0.2) is 105 Å². The van der Waals surface area contributed by atoms with E-state index in [0.29, 0.717) is 16.9 Å². The van der Waals surface area contributed by atoms with E-state index in [0.717, 1.165) is 33.4 Å². The van der Waals surface area contributed by atoms with E-state index in [4.69, 9.17) is 33.2 Å². The second-order valence-electron chi connectivity index (χ2n) is 13.3. The summed E-state index contributed by atoms with van der Waals surface area (Å²) in [5, 5.41) is 7.97. The largest absolute Gasteiger partial charge is 0.491 e. The number of amides is 3. The Morgan fingerprint density at radius 3 is 2.14 bits per heavy atom. The van der Waals surface area contributed by atoms with Gasteiger partial charge in [0.25, 0.3) is 5.91 Å². The predicted octanol–water partition coefficient (Wildman–Crippen LogP) is 2.92. The molecule has 1 aliphatic heterocycles. The third-order valence-electron chi connectivity index (χ3n) is 8.69. The molecule has 3 amide bonds. The fourth-order valence-corrected chi connectivity index (χ4v) is 6.49. The molecule has 310 valence electrons. The van der Waals surface area contributed by atoms with Crippen molar-refractivity contribution in [3.63, 3.8) is 0 Å². The molecule has 1 saturated heterocycles. The monoisotopic (exact) mass is 797 g/mol. The van der Waals surface area contributed by atoms with Crippen molar-refractivity contribution in [3.05, 3.63) is 77.4 Å². The summed E-state index contributed by atoms with van der Waals surface area (Å²) in [5.74, 6) is -4.02. The van der Waals surface area contributed by atoms with Crippen molar-refractivity contribution in [2.24, 2.45) is 0 Å². The molecule has 0 aromatic heterocycles. The normalized spacial score (nSPS) is 19.7. The fourth-order valence-electron chi connectivity index (χ4n) is 6.49. The Bertz CT molecular complexity index is 1760. The van der Waals surface area contributed by atoms with E-state index < -0.39 is 84.4 Å². The smallest absolute Gasteiger partial charge is 0.407 e. The van der Waals surface area contributed by atoms with Crippen LogP contribution < -0.4 is 20.7 Å². The lowest BCUT2D eigenvalue weighted by Crippen LogP contribution is -2.68. The van der Waals surface area contributed by atoms with Crippen LogP contribution in [-0.2, 0) is 59.0 Å². The fraction of sp³-hybridized carbons (Fsp3) is 0.475. The van der Waals surface area contributed by atoms with E-state index in [1.54, 1.807) is 26.0 Å². The Morgan fingerprint density at radius 1 is 0.930 bits per heavy atom. The van der Waals surface area contributed by atoms with Crippen LogP contribution in [0.3, 0.4) is 0 Å². The highest BCUT2D eigenvalue weighted by Gasteiger charge is 2.57. The molecule has 0 unspecified atom stereocenters. The van der Waals surface area contributed by atoms with Crippen molar-refractivity contribution in [1.29, 1.82) is 0 Å². The minimum Gasteiger partial charge on any atom is -0.491 e. The van der Waals surface area contributed by atoms with E-state index in [1.807, 2.05) is 30.3 Å². The molecule has 0 bridgehead atoms. The summed E-state index contributed by atoms with van der Waals surface area (Å²) in [5.41, 5.74) is 0.417. The van der Waals surface area contributed by atoms with Crippen LogP contribution >= 0.6 is 0 Å². The topological polar surface area (TPSA) is 220 Å². The van der Waals surface area contributed by atoms with E-state index in [2.05, 4.69) is 22.5 Å². The number of nitrogens with one attached hydrogen (secondary N) is 3. The Labute approximate surface area is 331 Å². The number of carbonyl (C=O) groups excluding carboxylic acids is 7. The molecule has 6 atom stereocenters. The van der Waals surface area contributed by atoms with Gasteiger partial charge in [0.05, 0.1) is 26.2 Å². The minimum atomic E-state index is -1.85. The first-order chi connectivity index (χ1) is 27.0. The van der Waals surface area contributed by atoms with Gasteiger partial charge in [-0.05, 0) is 42.7 Å². The van der Waals surface area contributed by atoms with Gasteiger partial charge in [0.2, 0.25) is 5.91 Å². The number of alkyl carbamates (subject to hydrolysis) is 1. The first-order valence-electron chi connectivity index (χ1n) is 18.1. The van der Waals surface area contributed by atoms with Crippen molar-refractivity contribution < 1.29 is 66.7 Å². The van der Waals surface area contributed by atoms with Gasteiger partial charge in [0, 0.05) is 46.1 Å². The Morgan fingerprint density at radius 2 is 1.58 bits per heavy atom. The van der Waals surface area contributed by atoms with Gasteiger partial charge in [-0.2, -0.15) is 0 Å². The van der Waals surface area contributed by atoms with Crippen molar-refractivity contribution >= 4 is 41.8 Å². The van der Waals surface area contributed by atoms with Crippen LogP contribution in [0.1, 0.15) is 67.6 Å². The summed E-state index contributed by atoms with van der Waals surface area (Å²) >= 11 is 0. The molecule has 17 nitrogen and oxygen atoms in total. The minimum absolute atomic E-state index is 0.111. The number of ether oxygens (including phenoxy) is 7. The number of benzene rings is 2. The SMILES string of the molecule is C=CC[C@]1(C(=O)OC)C[C@H](OC(C)=O)[C@@H](NC(C)=O)[C@H]([C@H](OC(C)=O)[C@@H](CNC(=O)c2cc(C)c(OCCNC(=O)OCc3ccccc3)c(C)c2)OC(C)=O)O1. The molecule has 1 aliphatic rings. The van der Waals surface area contributed by atoms with Crippen LogP contribution in [0.5, 0.6) is 5.75 Å². The molecule has 57 heavy (non-hydrogen) atoms. The van der Waals surface area contributed by atoms with Gasteiger partial charge in [-0.3, -0.25) is 24.0 Å². The summed E-state index contributed by atoms with van der Waals surface area (Å²) in [7, 11) is 1.12. The highest BCUT2D eigenvalue weighted by molar-refractivity contribution is 5.95. The van der Waals surface area contributed by atoms with Gasteiger partial charge in [0.15, 0.2) is 17.8 Å². The zero-order valence-corrected chi connectivity index (χ0v) is 33.2. The third-order valence-corrected chi connectivity index (χ3v) is 8.69. The van der Waals surface area contributed by atoms with Gasteiger partial charge in [-0.25, -0.2) is 9.59 Å². The van der Waals surface area contributed by atoms with Crippen molar-refractivity contribution in [1.82, 2.24) is 16.0 Å². The number of methoxy groups -OCH3 is 1. The number of hydrogen-bond donors (Lipinski definition) is 3. The van der Waals surface area contributed by atoms with Crippen LogP contribution in [0.15, 0.2) is 55.1 Å². The number of rotatable bonds is 18. The molecule has 0 spiro atoms. The molecule has 1 heterocycles. The molecular formula is C40H51N3O14. The van der Waals surface area contributed by atoms with Crippen LogP contribution in [0.4, 0.5) is 4.79 Å². The summed E-state index contributed by atoms with van der Waals surface area (Å²) in [6, 6.07) is 11.1. The maximum Gasteiger partial charge on any atom is 0.407 e. The first-order valence-corrected chi connectivity index (χ1v) is 18.1. The molecule has 17 heteroatoms. The second kappa shape index (κ2) is 21.4. The van der Waals surface area contributed by atoms with Gasteiger partial charge < -0.3 is 49.1 Å². The van der Waals surface area contributed by atoms with Crippen LogP contribution in [0.25, 0.3) is 0 Å². The predicted molar refractivity (Wildman–Crippen MR) is 202 cm³/mol. The Balaban J connectivity index is 1.84. The Hall–Kier alpha value is -5.97. The second-order valence-corrected chi connectivity index (χ2v) is 13.3. The number of aryl methyl sites for hydroxylation is 2. The molecular weight excluding hydrogens is 746 g/mol. The molecule has 0 aliphatic carbocycles. The van der Waals surface area contributed by atoms with Crippen LogP contribution in [0, 0.1) is 13.8 Å². The summed E-state index contributed by atoms with van der Waals surface area (Å²) in [4.78, 5) is 88.8. The van der Waals surface area contributed by atoms with E-state index in [9.17, 15) is 33.6 Å². The molecule has 2 aromatic rings. The first kappa shape index (κ1) is 45.4. The highest BCUT2D eigenvalue weighted by atomic mass is 16.6. The maximum absolute atomic E-state index is 13.6. The quantitative estimate of drug-likeness (QED) is 0.0855. The lowest BCUT2D eigenvalue weighted by atomic mass is 9.81. The summed E-state index contributed by atoms with van der Waals surface area (Å²) < 4.78 is 39.3.